The van der Waals surface area contributed by atoms with E-state index in [2.05, 4.69) is 49.6 Å². The molecule has 0 unspecified atom stereocenters. The van der Waals surface area contributed by atoms with E-state index < -0.39 is 11.2 Å². The fourth-order valence-corrected chi connectivity index (χ4v) is 9.11. The molecule has 0 radical (unpaired) electrons. The van der Waals surface area contributed by atoms with Crippen molar-refractivity contribution in [2.75, 3.05) is 0 Å². The van der Waals surface area contributed by atoms with Gasteiger partial charge in [0.2, 0.25) is 0 Å². The highest BCUT2D eigenvalue weighted by atomic mass is 16.3. The Balaban J connectivity index is 1.11. The van der Waals surface area contributed by atoms with Gasteiger partial charge in [-0.2, -0.15) is 0 Å². The summed E-state index contributed by atoms with van der Waals surface area (Å²) in [7, 11) is 0. The van der Waals surface area contributed by atoms with Gasteiger partial charge in [0.05, 0.1) is 11.2 Å². The smallest absolute Gasteiger partial charge is 0.0896 e. The third kappa shape index (κ3) is 6.33. The zero-order valence-electron chi connectivity index (χ0n) is 24.0. The molecule has 2 N–H and O–H groups in total. The molecule has 4 saturated carbocycles. The molecule has 0 aromatic heterocycles. The van der Waals surface area contributed by atoms with Crippen LogP contribution in [0.5, 0.6) is 0 Å². The fourth-order valence-electron chi connectivity index (χ4n) is 9.11. The van der Waals surface area contributed by atoms with Crippen molar-refractivity contribution < 1.29 is 10.2 Å². The summed E-state index contributed by atoms with van der Waals surface area (Å²) < 4.78 is 0. The van der Waals surface area contributed by atoms with Crippen LogP contribution in [0.1, 0.15) is 127 Å². The van der Waals surface area contributed by atoms with Crippen molar-refractivity contribution in [2.45, 2.75) is 127 Å². The number of hydrogen-bond acceptors (Lipinski definition) is 2. The van der Waals surface area contributed by atoms with E-state index in [1.165, 1.54) is 64.2 Å². The average Bonchev–Trinajstić information content (AvgIpc) is 2.95. The number of hydrogen-bond donors (Lipinski definition) is 2. The molecule has 210 valence electrons. The number of aliphatic hydroxyl groups is 2. The lowest BCUT2D eigenvalue weighted by molar-refractivity contribution is -0.0288. The van der Waals surface area contributed by atoms with Crippen LogP contribution in [0.25, 0.3) is 0 Å². The minimum atomic E-state index is -0.695. The van der Waals surface area contributed by atoms with Crippen LogP contribution < -0.4 is 0 Å². The zero-order chi connectivity index (χ0) is 26.6. The quantitative estimate of drug-likeness (QED) is 0.337. The first kappa shape index (κ1) is 28.2. The van der Waals surface area contributed by atoms with Crippen molar-refractivity contribution in [3.8, 4) is 0 Å². The van der Waals surface area contributed by atoms with Crippen LogP contribution in [0.15, 0.2) is 49.6 Å². The highest BCUT2D eigenvalue weighted by Gasteiger charge is 2.40. The van der Waals surface area contributed by atoms with E-state index in [9.17, 15) is 10.2 Å². The first-order valence-electron chi connectivity index (χ1n) is 16.2. The van der Waals surface area contributed by atoms with E-state index in [4.69, 9.17) is 0 Å². The number of rotatable bonds is 8. The van der Waals surface area contributed by atoms with Crippen LogP contribution in [-0.4, -0.2) is 10.2 Å². The standard InChI is InChI=1S/C36H54O2/c1-3-5-27-7-11-29(12-8-27)31-19-23-35(37,24-20-31)33-15-17-34(18-16-33)36(38)25-21-32(22-26-36)30-13-9-28(6-4-2)10-14-30/h3-4,15-18,27-32,37-38H,1-2,5-14,19-26H2. The molecule has 2 nitrogen and oxygen atoms in total. The Bertz CT molecular complexity index is 809. The molecule has 0 aliphatic heterocycles. The summed E-state index contributed by atoms with van der Waals surface area (Å²) in [6.45, 7) is 7.85. The molecule has 0 spiro atoms. The van der Waals surface area contributed by atoms with Crippen molar-refractivity contribution in [3.05, 3.63) is 60.7 Å². The Kier molecular flexibility index (Phi) is 9.21. The van der Waals surface area contributed by atoms with E-state index in [1.54, 1.807) is 0 Å². The molecule has 2 heteroatoms. The van der Waals surface area contributed by atoms with Gasteiger partial charge in [0.25, 0.3) is 0 Å². The van der Waals surface area contributed by atoms with E-state index in [0.717, 1.165) is 98.0 Å². The van der Waals surface area contributed by atoms with Crippen LogP contribution >= 0.6 is 0 Å². The molecule has 0 bridgehead atoms. The van der Waals surface area contributed by atoms with E-state index >= 15 is 0 Å². The van der Waals surface area contributed by atoms with Crippen LogP contribution in [-0.2, 0) is 11.2 Å². The lowest BCUT2D eigenvalue weighted by Gasteiger charge is -2.42. The SMILES string of the molecule is C=CCC1CCC(C2CCC(O)(c3ccc(C4(O)CCC(C5CCC(CC=C)CC5)CC4)cc3)CC2)CC1. The zero-order valence-corrected chi connectivity index (χ0v) is 24.0. The summed E-state index contributed by atoms with van der Waals surface area (Å²) in [6.07, 6.45) is 25.6. The summed E-state index contributed by atoms with van der Waals surface area (Å²) in [5.41, 5.74) is 0.727. The summed E-state index contributed by atoms with van der Waals surface area (Å²) in [5, 5.41) is 23.2. The van der Waals surface area contributed by atoms with Gasteiger partial charge in [-0.25, -0.2) is 0 Å². The maximum absolute atomic E-state index is 11.6. The van der Waals surface area contributed by atoms with Crippen LogP contribution in [0.2, 0.25) is 0 Å². The Hall–Kier alpha value is -1.38. The van der Waals surface area contributed by atoms with E-state index in [1.807, 2.05) is 0 Å². The molecule has 1 aromatic carbocycles. The van der Waals surface area contributed by atoms with Gasteiger partial charge in [-0.15, -0.1) is 13.2 Å². The van der Waals surface area contributed by atoms with Crippen molar-refractivity contribution in [1.82, 2.24) is 0 Å². The second kappa shape index (κ2) is 12.4. The first-order chi connectivity index (χ1) is 18.4. The molecular weight excluding hydrogens is 464 g/mol. The maximum Gasteiger partial charge on any atom is 0.0896 e. The maximum atomic E-state index is 11.6. The topological polar surface area (TPSA) is 40.5 Å². The van der Waals surface area contributed by atoms with Crippen molar-refractivity contribution in [3.63, 3.8) is 0 Å². The minimum Gasteiger partial charge on any atom is -0.385 e. The van der Waals surface area contributed by atoms with Gasteiger partial charge < -0.3 is 10.2 Å². The largest absolute Gasteiger partial charge is 0.385 e. The minimum absolute atomic E-state index is 0.695. The average molecular weight is 519 g/mol. The highest BCUT2D eigenvalue weighted by molar-refractivity contribution is 5.31. The predicted octanol–water partition coefficient (Wildman–Crippen LogP) is 9.21. The summed E-state index contributed by atoms with van der Waals surface area (Å²) >= 11 is 0. The molecule has 0 heterocycles. The lowest BCUT2D eigenvalue weighted by Crippen LogP contribution is -2.36. The molecule has 4 aliphatic rings. The summed E-state index contributed by atoms with van der Waals surface area (Å²) in [5.74, 6) is 4.99. The third-order valence-corrected chi connectivity index (χ3v) is 11.8. The van der Waals surface area contributed by atoms with Crippen LogP contribution in [0.3, 0.4) is 0 Å². The van der Waals surface area contributed by atoms with Gasteiger partial charge in [-0.1, -0.05) is 36.4 Å². The monoisotopic (exact) mass is 518 g/mol. The van der Waals surface area contributed by atoms with Gasteiger partial charge in [0, 0.05) is 0 Å². The van der Waals surface area contributed by atoms with Crippen LogP contribution in [0.4, 0.5) is 0 Å². The molecule has 4 fully saturated rings. The summed E-state index contributed by atoms with van der Waals surface area (Å²) in [6, 6.07) is 8.50. The lowest BCUT2D eigenvalue weighted by atomic mass is 9.66. The Morgan fingerprint density at radius 2 is 0.816 bits per heavy atom. The molecule has 0 amide bonds. The highest BCUT2D eigenvalue weighted by Crippen LogP contribution is 2.48. The van der Waals surface area contributed by atoms with Crippen molar-refractivity contribution >= 4 is 0 Å². The van der Waals surface area contributed by atoms with Crippen LogP contribution in [0, 0.1) is 35.5 Å². The number of allylic oxidation sites excluding steroid dienone is 2. The van der Waals surface area contributed by atoms with Gasteiger partial charge in [-0.3, -0.25) is 0 Å². The molecule has 0 atom stereocenters. The van der Waals surface area contributed by atoms with Gasteiger partial charge in [0.1, 0.15) is 0 Å². The fraction of sp³-hybridized carbons (Fsp3) is 0.722. The van der Waals surface area contributed by atoms with E-state index in [0.29, 0.717) is 0 Å². The normalized spacial score (nSPS) is 40.4. The Labute approximate surface area is 233 Å². The van der Waals surface area contributed by atoms with Crippen molar-refractivity contribution in [2.24, 2.45) is 35.5 Å². The van der Waals surface area contributed by atoms with E-state index in [-0.39, 0.29) is 0 Å². The number of benzene rings is 1. The molecule has 38 heavy (non-hydrogen) atoms. The second-order valence-electron chi connectivity index (χ2n) is 13.9. The van der Waals surface area contributed by atoms with Gasteiger partial charge in [-0.05, 0) is 162 Å². The molecule has 4 aliphatic carbocycles. The predicted molar refractivity (Wildman–Crippen MR) is 159 cm³/mol. The first-order valence-corrected chi connectivity index (χ1v) is 16.2. The second-order valence-corrected chi connectivity index (χ2v) is 13.9. The molecule has 1 aromatic rings. The van der Waals surface area contributed by atoms with Gasteiger partial charge in [0.15, 0.2) is 0 Å². The molecular formula is C36H54O2. The third-order valence-electron chi connectivity index (χ3n) is 11.8. The summed E-state index contributed by atoms with van der Waals surface area (Å²) in [4.78, 5) is 0. The Morgan fingerprint density at radius 3 is 1.11 bits per heavy atom. The van der Waals surface area contributed by atoms with Gasteiger partial charge >= 0.3 is 0 Å². The Morgan fingerprint density at radius 1 is 0.526 bits per heavy atom. The molecule has 0 saturated heterocycles. The van der Waals surface area contributed by atoms with Crippen molar-refractivity contribution in [1.29, 1.82) is 0 Å². The molecule has 5 rings (SSSR count).